The van der Waals surface area contributed by atoms with Crippen LogP contribution >= 0.6 is 22.9 Å². The first kappa shape index (κ1) is 13.5. The van der Waals surface area contributed by atoms with Crippen molar-refractivity contribution in [2.75, 3.05) is 7.05 Å². The molecule has 2 nitrogen and oxygen atoms in total. The Bertz CT molecular complexity index is 470. The van der Waals surface area contributed by atoms with E-state index in [4.69, 9.17) is 11.6 Å². The molecule has 2 heterocycles. The Balaban J connectivity index is 1.88. The van der Waals surface area contributed by atoms with E-state index in [0.717, 1.165) is 24.3 Å². The summed E-state index contributed by atoms with van der Waals surface area (Å²) in [5, 5.41) is 6.31. The average Bonchev–Trinajstić information content (AvgIpc) is 2.81. The van der Waals surface area contributed by atoms with Gasteiger partial charge in [-0.25, -0.2) is 0 Å². The molecule has 0 amide bonds. The van der Waals surface area contributed by atoms with E-state index in [1.807, 2.05) is 30.9 Å². The summed E-state index contributed by atoms with van der Waals surface area (Å²) in [6.07, 6.45) is 6.86. The number of hydrogen-bond donors (Lipinski definition) is 1. The fourth-order valence-corrected chi connectivity index (χ4v) is 3.13. The molecular formula is C14H17ClN2S. The van der Waals surface area contributed by atoms with E-state index in [2.05, 4.69) is 22.4 Å². The highest BCUT2D eigenvalue weighted by Gasteiger charge is 2.11. The summed E-state index contributed by atoms with van der Waals surface area (Å²) in [7, 11) is 2.01. The zero-order valence-corrected chi connectivity index (χ0v) is 12.0. The Morgan fingerprint density at radius 3 is 2.72 bits per heavy atom. The lowest BCUT2D eigenvalue weighted by molar-refractivity contribution is 0.523. The van der Waals surface area contributed by atoms with Crippen LogP contribution in [-0.2, 0) is 12.8 Å². The summed E-state index contributed by atoms with van der Waals surface area (Å²) in [6, 6.07) is 6.58. The van der Waals surface area contributed by atoms with Crippen molar-refractivity contribution < 1.29 is 0 Å². The van der Waals surface area contributed by atoms with Crippen LogP contribution in [0.1, 0.15) is 16.9 Å². The first-order chi connectivity index (χ1) is 8.79. The molecule has 0 radical (unpaired) electrons. The maximum absolute atomic E-state index is 6.13. The zero-order chi connectivity index (χ0) is 12.8. The lowest BCUT2D eigenvalue weighted by Gasteiger charge is -2.15. The summed E-state index contributed by atoms with van der Waals surface area (Å²) in [4.78, 5) is 5.30. The molecule has 0 saturated carbocycles. The molecule has 4 heteroatoms. The molecular weight excluding hydrogens is 264 g/mol. The Kier molecular flexibility index (Phi) is 5.17. The molecule has 1 atom stereocenters. The number of likely N-dealkylation sites (N-methyl/N-ethyl adjacent to an activating group) is 1. The first-order valence-electron chi connectivity index (χ1n) is 6.07. The molecule has 0 bridgehead atoms. The van der Waals surface area contributed by atoms with Crippen LogP contribution in [0.5, 0.6) is 0 Å². The number of halogens is 1. The first-order valence-corrected chi connectivity index (χ1v) is 7.33. The molecule has 0 aliphatic rings. The summed E-state index contributed by atoms with van der Waals surface area (Å²) in [6.45, 7) is 0. The second-order valence-corrected chi connectivity index (χ2v) is 5.68. The number of aromatic nitrogens is 1. The van der Waals surface area contributed by atoms with E-state index in [1.165, 1.54) is 10.4 Å². The van der Waals surface area contributed by atoms with E-state index in [0.29, 0.717) is 6.04 Å². The molecule has 0 aromatic carbocycles. The van der Waals surface area contributed by atoms with Gasteiger partial charge in [0.25, 0.3) is 0 Å². The highest BCUT2D eigenvalue weighted by molar-refractivity contribution is 7.10. The third-order valence-electron chi connectivity index (χ3n) is 3.06. The normalized spacial score (nSPS) is 12.6. The van der Waals surface area contributed by atoms with Crippen molar-refractivity contribution in [3.8, 4) is 0 Å². The number of nitrogens with one attached hydrogen (secondary N) is 1. The SMILES string of the molecule is CNC(CCc1ccncc1)Cc1sccc1Cl. The highest BCUT2D eigenvalue weighted by Crippen LogP contribution is 2.24. The third-order valence-corrected chi connectivity index (χ3v) is 4.47. The average molecular weight is 281 g/mol. The number of pyridine rings is 1. The second-order valence-electron chi connectivity index (χ2n) is 4.28. The van der Waals surface area contributed by atoms with Gasteiger partial charge in [-0.1, -0.05) is 11.6 Å². The number of nitrogens with zero attached hydrogens (tertiary/aromatic N) is 1. The third kappa shape index (κ3) is 3.80. The molecule has 2 aromatic heterocycles. The molecule has 2 rings (SSSR count). The van der Waals surface area contributed by atoms with Gasteiger partial charge in [-0.05, 0) is 55.5 Å². The van der Waals surface area contributed by atoms with Crippen LogP contribution in [0.4, 0.5) is 0 Å². The van der Waals surface area contributed by atoms with Gasteiger partial charge in [0.05, 0.1) is 5.02 Å². The molecule has 0 spiro atoms. The quantitative estimate of drug-likeness (QED) is 0.875. The lowest BCUT2D eigenvalue weighted by atomic mass is 10.0. The van der Waals surface area contributed by atoms with Crippen LogP contribution in [-0.4, -0.2) is 18.1 Å². The monoisotopic (exact) mass is 280 g/mol. The molecule has 18 heavy (non-hydrogen) atoms. The second kappa shape index (κ2) is 6.88. The van der Waals surface area contributed by atoms with E-state index < -0.39 is 0 Å². The fraction of sp³-hybridized carbons (Fsp3) is 0.357. The lowest BCUT2D eigenvalue weighted by Crippen LogP contribution is -2.27. The summed E-state index contributed by atoms with van der Waals surface area (Å²) in [5.41, 5.74) is 1.34. The molecule has 96 valence electrons. The molecule has 2 aromatic rings. The van der Waals surface area contributed by atoms with Crippen molar-refractivity contribution in [3.05, 3.63) is 51.4 Å². The molecule has 0 aliphatic carbocycles. The van der Waals surface area contributed by atoms with Gasteiger partial charge in [0.1, 0.15) is 0 Å². The maximum Gasteiger partial charge on any atom is 0.0545 e. The van der Waals surface area contributed by atoms with Crippen LogP contribution in [0.25, 0.3) is 0 Å². The predicted molar refractivity (Wildman–Crippen MR) is 78.4 cm³/mol. The molecule has 0 aliphatic heterocycles. The van der Waals surface area contributed by atoms with Crippen LogP contribution < -0.4 is 5.32 Å². The number of thiophene rings is 1. The molecule has 0 fully saturated rings. The van der Waals surface area contributed by atoms with E-state index in [1.54, 1.807) is 11.3 Å². The van der Waals surface area contributed by atoms with Gasteiger partial charge in [-0.3, -0.25) is 4.98 Å². The number of rotatable bonds is 6. The topological polar surface area (TPSA) is 24.9 Å². The molecule has 0 saturated heterocycles. The predicted octanol–water partition coefficient (Wildman–Crippen LogP) is 3.56. The largest absolute Gasteiger partial charge is 0.317 e. The number of aryl methyl sites for hydroxylation is 1. The van der Waals surface area contributed by atoms with Gasteiger partial charge >= 0.3 is 0 Å². The van der Waals surface area contributed by atoms with Gasteiger partial charge in [-0.15, -0.1) is 11.3 Å². The van der Waals surface area contributed by atoms with E-state index in [9.17, 15) is 0 Å². The van der Waals surface area contributed by atoms with Gasteiger partial charge in [0.15, 0.2) is 0 Å². The Morgan fingerprint density at radius 1 is 1.33 bits per heavy atom. The van der Waals surface area contributed by atoms with Crippen LogP contribution in [0, 0.1) is 0 Å². The summed E-state index contributed by atoms with van der Waals surface area (Å²) >= 11 is 7.87. The minimum absolute atomic E-state index is 0.467. The Hall–Kier alpha value is -0.900. The maximum atomic E-state index is 6.13. The summed E-state index contributed by atoms with van der Waals surface area (Å²) in [5.74, 6) is 0. The highest BCUT2D eigenvalue weighted by atomic mass is 35.5. The standard InChI is InChI=1S/C14H17ClN2S/c1-16-12(10-14-13(15)6-9-18-14)3-2-11-4-7-17-8-5-11/h4-9,12,16H,2-3,10H2,1H3. The van der Waals surface area contributed by atoms with E-state index in [-0.39, 0.29) is 0 Å². The minimum Gasteiger partial charge on any atom is -0.317 e. The van der Waals surface area contributed by atoms with Crippen molar-refractivity contribution in [2.24, 2.45) is 0 Å². The van der Waals surface area contributed by atoms with Crippen LogP contribution in [0.15, 0.2) is 36.0 Å². The van der Waals surface area contributed by atoms with Crippen molar-refractivity contribution in [3.63, 3.8) is 0 Å². The Labute approximate surface area is 117 Å². The van der Waals surface area contributed by atoms with Gasteiger partial charge in [-0.2, -0.15) is 0 Å². The van der Waals surface area contributed by atoms with Gasteiger partial charge < -0.3 is 5.32 Å². The van der Waals surface area contributed by atoms with Crippen molar-refractivity contribution >= 4 is 22.9 Å². The molecule has 1 N–H and O–H groups in total. The minimum atomic E-state index is 0.467. The molecule has 1 unspecified atom stereocenters. The van der Waals surface area contributed by atoms with E-state index >= 15 is 0 Å². The zero-order valence-electron chi connectivity index (χ0n) is 10.4. The van der Waals surface area contributed by atoms with Gasteiger partial charge in [0, 0.05) is 23.3 Å². The Morgan fingerprint density at radius 2 is 2.11 bits per heavy atom. The van der Waals surface area contributed by atoms with Crippen molar-refractivity contribution in [2.45, 2.75) is 25.3 Å². The fourth-order valence-electron chi connectivity index (χ4n) is 1.93. The van der Waals surface area contributed by atoms with Crippen molar-refractivity contribution in [1.29, 1.82) is 0 Å². The van der Waals surface area contributed by atoms with Gasteiger partial charge in [0.2, 0.25) is 0 Å². The summed E-state index contributed by atoms with van der Waals surface area (Å²) < 4.78 is 0. The van der Waals surface area contributed by atoms with Crippen LogP contribution in [0.2, 0.25) is 5.02 Å². The number of hydrogen-bond acceptors (Lipinski definition) is 3. The smallest absolute Gasteiger partial charge is 0.0545 e. The van der Waals surface area contributed by atoms with Crippen LogP contribution in [0.3, 0.4) is 0 Å². The van der Waals surface area contributed by atoms with Crippen molar-refractivity contribution in [1.82, 2.24) is 10.3 Å².